The number of ether oxygens (including phenoxy) is 1. The molecule has 104 valence electrons. The van der Waals surface area contributed by atoms with E-state index in [0.29, 0.717) is 12.3 Å². The Morgan fingerprint density at radius 1 is 1.47 bits per heavy atom. The number of methoxy groups -OCH3 is 1. The summed E-state index contributed by atoms with van der Waals surface area (Å²) >= 11 is 3.35. The van der Waals surface area contributed by atoms with E-state index in [2.05, 4.69) is 27.8 Å². The van der Waals surface area contributed by atoms with Crippen LogP contribution in [0.4, 0.5) is 0 Å². The van der Waals surface area contributed by atoms with Crippen LogP contribution in [0.1, 0.15) is 38.3 Å². The van der Waals surface area contributed by atoms with Gasteiger partial charge in [-0.05, 0) is 59.7 Å². The smallest absolute Gasteiger partial charge is 0.170 e. The van der Waals surface area contributed by atoms with Crippen LogP contribution in [-0.2, 0) is 16.0 Å². The van der Waals surface area contributed by atoms with E-state index >= 15 is 0 Å². The summed E-state index contributed by atoms with van der Waals surface area (Å²) in [6.45, 7) is 2.24. The van der Waals surface area contributed by atoms with Crippen LogP contribution in [0.2, 0.25) is 0 Å². The number of hydrogen-bond acceptors (Lipinski definition) is 3. The molecule has 1 fully saturated rings. The number of rotatable bonds is 4. The minimum atomic E-state index is -0.582. The van der Waals surface area contributed by atoms with Crippen molar-refractivity contribution in [3.63, 3.8) is 0 Å². The molecule has 0 N–H and O–H groups in total. The normalized spacial score (nSPS) is 27.2. The minimum absolute atomic E-state index is 0.164. The summed E-state index contributed by atoms with van der Waals surface area (Å²) in [7, 11) is 1.66. The molecule has 1 aromatic heterocycles. The molecule has 0 aliphatic heterocycles. The number of Topliss-reactive ketones (excluding diaryl/α,β-unsaturated/α-hetero) is 1. The van der Waals surface area contributed by atoms with Gasteiger partial charge in [0.1, 0.15) is 5.60 Å². The molecule has 0 aromatic carbocycles. The van der Waals surface area contributed by atoms with E-state index in [-0.39, 0.29) is 5.78 Å². The molecule has 19 heavy (non-hydrogen) atoms. The Labute approximate surface area is 122 Å². The highest BCUT2D eigenvalue weighted by atomic mass is 79.9. The van der Waals surface area contributed by atoms with E-state index in [1.54, 1.807) is 13.3 Å². The summed E-state index contributed by atoms with van der Waals surface area (Å²) in [4.78, 5) is 16.8. The number of hydrogen-bond donors (Lipinski definition) is 0. The Balaban J connectivity index is 2.06. The lowest BCUT2D eigenvalue weighted by Gasteiger charge is -2.36. The lowest BCUT2D eigenvalue weighted by atomic mass is 9.76. The fourth-order valence-electron chi connectivity index (χ4n) is 2.66. The zero-order chi connectivity index (χ0) is 13.9. The summed E-state index contributed by atoms with van der Waals surface area (Å²) in [6, 6.07) is 3.80. The van der Waals surface area contributed by atoms with Gasteiger partial charge in [0.05, 0.1) is 6.42 Å². The fraction of sp³-hybridized carbons (Fsp3) is 0.600. The van der Waals surface area contributed by atoms with Crippen molar-refractivity contribution in [2.45, 2.75) is 44.6 Å². The number of halogens is 1. The lowest BCUT2D eigenvalue weighted by molar-refractivity contribution is -0.145. The molecule has 2 rings (SSSR count). The van der Waals surface area contributed by atoms with E-state index in [1.807, 2.05) is 12.1 Å². The molecule has 0 saturated heterocycles. The highest BCUT2D eigenvalue weighted by Gasteiger charge is 2.40. The lowest BCUT2D eigenvalue weighted by Crippen LogP contribution is -2.44. The van der Waals surface area contributed by atoms with Crippen molar-refractivity contribution in [3.8, 4) is 0 Å². The Morgan fingerprint density at radius 3 is 2.68 bits per heavy atom. The van der Waals surface area contributed by atoms with Crippen LogP contribution in [0.25, 0.3) is 0 Å². The van der Waals surface area contributed by atoms with Crippen LogP contribution >= 0.6 is 15.9 Å². The van der Waals surface area contributed by atoms with Gasteiger partial charge in [0.15, 0.2) is 5.78 Å². The quantitative estimate of drug-likeness (QED) is 0.849. The molecule has 1 saturated carbocycles. The average Bonchev–Trinajstić information content (AvgIpc) is 2.42. The summed E-state index contributed by atoms with van der Waals surface area (Å²) in [5.41, 5.74) is 0.226. The zero-order valence-corrected chi connectivity index (χ0v) is 13.1. The fourth-order valence-corrected chi connectivity index (χ4v) is 2.90. The summed E-state index contributed by atoms with van der Waals surface area (Å²) < 4.78 is 6.53. The summed E-state index contributed by atoms with van der Waals surface area (Å²) in [6.07, 6.45) is 5.88. The SMILES string of the molecule is COC1(C(=O)Cc2ccc(Br)cn2)CCC(C)CC1. The van der Waals surface area contributed by atoms with Gasteiger partial charge in [-0.3, -0.25) is 9.78 Å². The number of carbonyl (C=O) groups excluding carboxylic acids is 1. The molecule has 0 bridgehead atoms. The maximum atomic E-state index is 12.5. The van der Waals surface area contributed by atoms with E-state index in [0.717, 1.165) is 35.8 Å². The monoisotopic (exact) mass is 325 g/mol. The van der Waals surface area contributed by atoms with Gasteiger partial charge in [0, 0.05) is 23.5 Å². The molecular weight excluding hydrogens is 306 g/mol. The molecule has 1 heterocycles. The van der Waals surface area contributed by atoms with Crippen molar-refractivity contribution in [3.05, 3.63) is 28.5 Å². The molecule has 0 amide bonds. The van der Waals surface area contributed by atoms with Gasteiger partial charge in [-0.2, -0.15) is 0 Å². The Bertz CT molecular complexity index is 436. The van der Waals surface area contributed by atoms with E-state index < -0.39 is 5.60 Å². The largest absolute Gasteiger partial charge is 0.370 e. The Hall–Kier alpha value is -0.740. The van der Waals surface area contributed by atoms with E-state index in [4.69, 9.17) is 4.74 Å². The highest BCUT2D eigenvalue weighted by Crippen LogP contribution is 2.35. The predicted molar refractivity (Wildman–Crippen MR) is 78.0 cm³/mol. The molecule has 0 unspecified atom stereocenters. The molecular formula is C15H20BrNO2. The number of nitrogens with zero attached hydrogens (tertiary/aromatic N) is 1. The molecule has 4 heteroatoms. The van der Waals surface area contributed by atoms with Crippen LogP contribution in [0.5, 0.6) is 0 Å². The number of ketones is 1. The van der Waals surface area contributed by atoms with Crippen LogP contribution in [0, 0.1) is 5.92 Å². The van der Waals surface area contributed by atoms with Crippen LogP contribution < -0.4 is 0 Å². The first-order valence-electron chi connectivity index (χ1n) is 6.74. The third-order valence-corrected chi connectivity index (χ3v) is 4.58. The van der Waals surface area contributed by atoms with Crippen LogP contribution in [0.3, 0.4) is 0 Å². The summed E-state index contributed by atoms with van der Waals surface area (Å²) in [5.74, 6) is 0.860. The minimum Gasteiger partial charge on any atom is -0.370 e. The molecule has 0 atom stereocenters. The first-order valence-corrected chi connectivity index (χ1v) is 7.54. The van der Waals surface area contributed by atoms with Gasteiger partial charge < -0.3 is 4.74 Å². The second-order valence-electron chi connectivity index (χ2n) is 5.45. The van der Waals surface area contributed by atoms with Gasteiger partial charge in [0.25, 0.3) is 0 Å². The Morgan fingerprint density at radius 2 is 2.16 bits per heavy atom. The van der Waals surface area contributed by atoms with Crippen molar-refractivity contribution in [1.29, 1.82) is 0 Å². The number of carbonyl (C=O) groups is 1. The molecule has 0 spiro atoms. The van der Waals surface area contributed by atoms with Gasteiger partial charge >= 0.3 is 0 Å². The van der Waals surface area contributed by atoms with Crippen molar-refractivity contribution in [1.82, 2.24) is 4.98 Å². The van der Waals surface area contributed by atoms with Crippen LogP contribution in [-0.4, -0.2) is 23.5 Å². The average molecular weight is 326 g/mol. The number of pyridine rings is 1. The third-order valence-electron chi connectivity index (χ3n) is 4.11. The first kappa shape index (κ1) is 14.7. The van der Waals surface area contributed by atoms with Crippen molar-refractivity contribution in [2.24, 2.45) is 5.92 Å². The zero-order valence-electron chi connectivity index (χ0n) is 11.5. The molecule has 0 radical (unpaired) electrons. The maximum absolute atomic E-state index is 12.5. The van der Waals surface area contributed by atoms with Gasteiger partial charge in [0.2, 0.25) is 0 Å². The second kappa shape index (κ2) is 6.14. The van der Waals surface area contributed by atoms with Crippen LogP contribution in [0.15, 0.2) is 22.8 Å². The first-order chi connectivity index (χ1) is 9.05. The molecule has 3 nitrogen and oxygen atoms in total. The second-order valence-corrected chi connectivity index (χ2v) is 6.36. The maximum Gasteiger partial charge on any atom is 0.170 e. The molecule has 1 aliphatic carbocycles. The van der Waals surface area contributed by atoms with Gasteiger partial charge in [-0.1, -0.05) is 6.92 Å². The van der Waals surface area contributed by atoms with Crippen molar-refractivity contribution < 1.29 is 9.53 Å². The highest BCUT2D eigenvalue weighted by molar-refractivity contribution is 9.10. The van der Waals surface area contributed by atoms with E-state index in [1.165, 1.54) is 0 Å². The standard InChI is InChI=1S/C15H20BrNO2/c1-11-5-7-15(19-2,8-6-11)14(18)9-13-4-3-12(16)10-17-13/h3-4,10-11H,5-9H2,1-2H3. The molecule has 1 aliphatic rings. The van der Waals surface area contributed by atoms with Crippen molar-refractivity contribution in [2.75, 3.05) is 7.11 Å². The van der Waals surface area contributed by atoms with Gasteiger partial charge in [-0.25, -0.2) is 0 Å². The third kappa shape index (κ3) is 3.42. The number of aromatic nitrogens is 1. The van der Waals surface area contributed by atoms with Crippen molar-refractivity contribution >= 4 is 21.7 Å². The molecule has 1 aromatic rings. The Kier molecular flexibility index (Phi) is 4.74. The topological polar surface area (TPSA) is 39.2 Å². The predicted octanol–water partition coefficient (Wildman–Crippen LogP) is 3.55. The van der Waals surface area contributed by atoms with Gasteiger partial charge in [-0.15, -0.1) is 0 Å². The van der Waals surface area contributed by atoms with E-state index in [9.17, 15) is 4.79 Å². The summed E-state index contributed by atoms with van der Waals surface area (Å²) in [5, 5.41) is 0.